The second-order valence-electron chi connectivity index (χ2n) is 5.38. The Morgan fingerprint density at radius 3 is 2.50 bits per heavy atom. The van der Waals surface area contributed by atoms with Crippen LogP contribution in [0, 0.1) is 6.92 Å². The Hall–Kier alpha value is -2.09. The van der Waals surface area contributed by atoms with Crippen molar-refractivity contribution < 1.29 is 9.53 Å². The van der Waals surface area contributed by atoms with E-state index in [-0.39, 0.29) is 5.78 Å². The molecular formula is C18H20O2. The minimum atomic E-state index is 0.0452. The van der Waals surface area contributed by atoms with Gasteiger partial charge in [-0.15, -0.1) is 0 Å². The molecule has 0 saturated carbocycles. The van der Waals surface area contributed by atoms with Gasteiger partial charge in [-0.3, -0.25) is 4.79 Å². The number of Topliss-reactive ketones (excluding diaryl/α,β-unsaturated/α-hetero) is 1. The van der Waals surface area contributed by atoms with E-state index >= 15 is 0 Å². The summed E-state index contributed by atoms with van der Waals surface area (Å²) in [5, 5.41) is 0. The van der Waals surface area contributed by atoms with Gasteiger partial charge in [-0.1, -0.05) is 38.1 Å². The summed E-state index contributed by atoms with van der Waals surface area (Å²) >= 11 is 0. The highest BCUT2D eigenvalue weighted by molar-refractivity contribution is 5.94. The highest BCUT2D eigenvalue weighted by Gasteiger charge is 2.10. The highest BCUT2D eigenvalue weighted by Crippen LogP contribution is 2.31. The molecule has 2 nitrogen and oxygen atoms in total. The fourth-order valence-electron chi connectivity index (χ4n) is 2.11. The zero-order valence-corrected chi connectivity index (χ0v) is 12.4. The second kappa shape index (κ2) is 5.91. The van der Waals surface area contributed by atoms with E-state index in [0.717, 1.165) is 11.3 Å². The largest absolute Gasteiger partial charge is 0.457 e. The molecule has 0 N–H and O–H groups in total. The van der Waals surface area contributed by atoms with Gasteiger partial charge in [0, 0.05) is 5.56 Å². The quantitative estimate of drug-likeness (QED) is 0.720. The smallest absolute Gasteiger partial charge is 0.159 e. The molecule has 0 atom stereocenters. The minimum Gasteiger partial charge on any atom is -0.457 e. The van der Waals surface area contributed by atoms with Gasteiger partial charge >= 0.3 is 0 Å². The van der Waals surface area contributed by atoms with E-state index in [0.29, 0.717) is 17.2 Å². The fraction of sp³-hybridized carbons (Fsp3) is 0.278. The molecule has 0 amide bonds. The van der Waals surface area contributed by atoms with Crippen LogP contribution < -0.4 is 4.74 Å². The third kappa shape index (κ3) is 3.27. The van der Waals surface area contributed by atoms with Gasteiger partial charge in [-0.05, 0) is 49.1 Å². The molecule has 0 unspecified atom stereocenters. The number of aryl methyl sites for hydroxylation is 1. The first-order valence-corrected chi connectivity index (χ1v) is 6.87. The van der Waals surface area contributed by atoms with Gasteiger partial charge in [0.2, 0.25) is 0 Å². The van der Waals surface area contributed by atoms with E-state index in [1.54, 1.807) is 19.1 Å². The Labute approximate surface area is 120 Å². The van der Waals surface area contributed by atoms with Gasteiger partial charge < -0.3 is 4.74 Å². The van der Waals surface area contributed by atoms with Crippen molar-refractivity contribution in [2.75, 3.05) is 0 Å². The van der Waals surface area contributed by atoms with Crippen molar-refractivity contribution in [2.24, 2.45) is 0 Å². The minimum absolute atomic E-state index is 0.0452. The molecule has 2 aromatic rings. The summed E-state index contributed by atoms with van der Waals surface area (Å²) in [4.78, 5) is 11.4. The number of carbonyl (C=O) groups excluding carboxylic acids is 1. The van der Waals surface area contributed by atoms with E-state index in [9.17, 15) is 4.79 Å². The lowest BCUT2D eigenvalue weighted by Crippen LogP contribution is -1.96. The van der Waals surface area contributed by atoms with Gasteiger partial charge in [-0.2, -0.15) is 0 Å². The molecule has 0 aliphatic heterocycles. The number of hydrogen-bond acceptors (Lipinski definition) is 2. The third-order valence-corrected chi connectivity index (χ3v) is 3.26. The molecule has 2 rings (SSSR count). The molecule has 0 spiro atoms. The van der Waals surface area contributed by atoms with Gasteiger partial charge in [0.15, 0.2) is 5.78 Å². The molecule has 0 aromatic heterocycles. The van der Waals surface area contributed by atoms with Crippen molar-refractivity contribution in [2.45, 2.75) is 33.6 Å². The topological polar surface area (TPSA) is 26.3 Å². The van der Waals surface area contributed by atoms with Crippen molar-refractivity contribution >= 4 is 5.78 Å². The summed E-state index contributed by atoms with van der Waals surface area (Å²) in [6, 6.07) is 13.5. The maximum absolute atomic E-state index is 11.4. The zero-order chi connectivity index (χ0) is 14.7. The molecule has 0 radical (unpaired) electrons. The number of ketones is 1. The lowest BCUT2D eigenvalue weighted by Gasteiger charge is -2.15. The van der Waals surface area contributed by atoms with Crippen LogP contribution in [0.1, 0.15) is 48.2 Å². The molecule has 0 saturated heterocycles. The first-order chi connectivity index (χ1) is 9.47. The van der Waals surface area contributed by atoms with Crippen LogP contribution in [-0.2, 0) is 0 Å². The molecule has 0 heterocycles. The molecule has 0 aliphatic carbocycles. The summed E-state index contributed by atoms with van der Waals surface area (Å²) in [6.45, 7) is 7.89. The predicted molar refractivity (Wildman–Crippen MR) is 81.8 cm³/mol. The number of rotatable bonds is 4. The Balaban J connectivity index is 2.36. The maximum atomic E-state index is 11.4. The molecule has 2 aromatic carbocycles. The van der Waals surface area contributed by atoms with Crippen LogP contribution in [0.25, 0.3) is 0 Å². The Bertz CT molecular complexity index is 627. The van der Waals surface area contributed by atoms with Crippen molar-refractivity contribution in [3.63, 3.8) is 0 Å². The summed E-state index contributed by atoms with van der Waals surface area (Å²) in [5.74, 6) is 2.00. The molecule has 0 aliphatic rings. The Morgan fingerprint density at radius 1 is 1.10 bits per heavy atom. The SMILES string of the molecule is CC(=O)c1cccc(Oc2cc(C)ccc2C(C)C)c1. The lowest BCUT2D eigenvalue weighted by atomic mass is 10.0. The fourth-order valence-corrected chi connectivity index (χ4v) is 2.11. The average molecular weight is 268 g/mol. The Morgan fingerprint density at radius 2 is 1.85 bits per heavy atom. The Kier molecular flexibility index (Phi) is 4.23. The summed E-state index contributed by atoms with van der Waals surface area (Å²) in [6.07, 6.45) is 0. The van der Waals surface area contributed by atoms with Gasteiger partial charge in [0.1, 0.15) is 11.5 Å². The van der Waals surface area contributed by atoms with Gasteiger partial charge in [-0.25, -0.2) is 0 Å². The molecular weight excluding hydrogens is 248 g/mol. The summed E-state index contributed by atoms with van der Waals surface area (Å²) in [7, 11) is 0. The first kappa shape index (κ1) is 14.3. The summed E-state index contributed by atoms with van der Waals surface area (Å²) < 4.78 is 5.99. The monoisotopic (exact) mass is 268 g/mol. The van der Waals surface area contributed by atoms with E-state index < -0.39 is 0 Å². The van der Waals surface area contributed by atoms with E-state index in [1.165, 1.54) is 5.56 Å². The average Bonchev–Trinajstić information content (AvgIpc) is 2.38. The van der Waals surface area contributed by atoms with Crippen molar-refractivity contribution in [3.8, 4) is 11.5 Å². The van der Waals surface area contributed by atoms with Crippen LogP contribution >= 0.6 is 0 Å². The van der Waals surface area contributed by atoms with E-state index in [1.807, 2.05) is 25.1 Å². The van der Waals surface area contributed by atoms with Crippen LogP contribution in [-0.4, -0.2) is 5.78 Å². The number of ether oxygens (including phenoxy) is 1. The van der Waals surface area contributed by atoms with Crippen LogP contribution in [0.5, 0.6) is 11.5 Å². The predicted octanol–water partition coefficient (Wildman–Crippen LogP) is 5.11. The van der Waals surface area contributed by atoms with Crippen molar-refractivity contribution in [1.82, 2.24) is 0 Å². The summed E-state index contributed by atoms with van der Waals surface area (Å²) in [5.41, 5.74) is 3.00. The highest BCUT2D eigenvalue weighted by atomic mass is 16.5. The molecule has 0 bridgehead atoms. The van der Waals surface area contributed by atoms with Crippen molar-refractivity contribution in [3.05, 3.63) is 59.2 Å². The van der Waals surface area contributed by atoms with Crippen molar-refractivity contribution in [1.29, 1.82) is 0 Å². The maximum Gasteiger partial charge on any atom is 0.159 e. The van der Waals surface area contributed by atoms with Crippen LogP contribution in [0.2, 0.25) is 0 Å². The number of carbonyl (C=O) groups is 1. The van der Waals surface area contributed by atoms with Crippen LogP contribution in [0.3, 0.4) is 0 Å². The van der Waals surface area contributed by atoms with Crippen LogP contribution in [0.4, 0.5) is 0 Å². The van der Waals surface area contributed by atoms with Crippen LogP contribution in [0.15, 0.2) is 42.5 Å². The van der Waals surface area contributed by atoms with Gasteiger partial charge in [0.05, 0.1) is 0 Å². The number of benzene rings is 2. The normalized spacial score (nSPS) is 10.7. The molecule has 104 valence electrons. The van der Waals surface area contributed by atoms with E-state index in [4.69, 9.17) is 4.74 Å². The van der Waals surface area contributed by atoms with E-state index in [2.05, 4.69) is 26.0 Å². The molecule has 2 heteroatoms. The molecule has 20 heavy (non-hydrogen) atoms. The standard InChI is InChI=1S/C18H20O2/c1-12(2)17-9-8-13(3)10-18(17)20-16-7-5-6-15(11-16)14(4)19/h5-12H,1-4H3. The lowest BCUT2D eigenvalue weighted by molar-refractivity contribution is 0.101. The second-order valence-corrected chi connectivity index (χ2v) is 5.38. The first-order valence-electron chi connectivity index (χ1n) is 6.87. The third-order valence-electron chi connectivity index (χ3n) is 3.26. The zero-order valence-electron chi connectivity index (χ0n) is 12.4. The number of hydrogen-bond donors (Lipinski definition) is 0. The van der Waals surface area contributed by atoms with Gasteiger partial charge in [0.25, 0.3) is 0 Å². The molecule has 0 fully saturated rings.